The quantitative estimate of drug-likeness (QED) is 0.272. The molecule has 1 saturated heterocycles. The monoisotopic (exact) mass is 196 g/mol. The molecule has 1 rings (SSSR count). The predicted octanol–water partition coefficient (Wildman–Crippen LogP) is -1.89. The number of carbonyl (C=O) groups is 1. The van der Waals surface area contributed by atoms with Gasteiger partial charge in [0.1, 0.15) is 0 Å². The lowest BCUT2D eigenvalue weighted by molar-refractivity contribution is -0.124. The summed E-state index contributed by atoms with van der Waals surface area (Å²) >= 11 is 0. The summed E-state index contributed by atoms with van der Waals surface area (Å²) in [5, 5.41) is 13.6. The zero-order valence-corrected chi connectivity index (χ0v) is 7.66. The lowest BCUT2D eigenvalue weighted by Crippen LogP contribution is -2.50. The Kier molecular flexibility index (Phi) is 3.69. The summed E-state index contributed by atoms with van der Waals surface area (Å²) in [7, 11) is 0. The fourth-order valence-corrected chi connectivity index (χ4v) is 1.05. The van der Waals surface area contributed by atoms with E-state index < -0.39 is 0 Å². The third-order valence-electron chi connectivity index (χ3n) is 1.81. The van der Waals surface area contributed by atoms with Crippen molar-refractivity contribution in [2.24, 2.45) is 10.7 Å². The molecule has 1 aliphatic heterocycles. The van der Waals surface area contributed by atoms with Crippen LogP contribution < -0.4 is 16.4 Å². The van der Waals surface area contributed by atoms with Crippen molar-refractivity contribution < 1.29 is 4.79 Å². The maximum absolute atomic E-state index is 10.8. The summed E-state index contributed by atoms with van der Waals surface area (Å²) in [5.74, 6) is 0.143. The standard InChI is InChI=1S/C7H12N6O/c8-3-10-7(9)12-5-13-2-1-6(14)11-4-13/h1-2,4-5H2,(H,11,14)(H3,9,10,12). The third kappa shape index (κ3) is 3.28. The number of nitriles is 1. The van der Waals surface area contributed by atoms with Crippen LogP contribution in [0, 0.1) is 11.5 Å². The highest BCUT2D eigenvalue weighted by Crippen LogP contribution is 1.94. The number of hydrogen-bond donors (Lipinski definition) is 3. The van der Waals surface area contributed by atoms with Crippen LogP contribution in [-0.2, 0) is 4.79 Å². The van der Waals surface area contributed by atoms with E-state index in [1.54, 1.807) is 6.19 Å². The zero-order valence-electron chi connectivity index (χ0n) is 7.66. The van der Waals surface area contributed by atoms with Gasteiger partial charge in [-0.2, -0.15) is 5.26 Å². The highest BCUT2D eigenvalue weighted by atomic mass is 16.1. The molecule has 7 nitrogen and oxygen atoms in total. The molecule has 0 spiro atoms. The second-order valence-corrected chi connectivity index (χ2v) is 2.83. The van der Waals surface area contributed by atoms with E-state index in [1.807, 2.05) is 4.90 Å². The highest BCUT2D eigenvalue weighted by molar-refractivity contribution is 5.78. The molecule has 0 radical (unpaired) electrons. The van der Waals surface area contributed by atoms with Crippen molar-refractivity contribution in [2.75, 3.05) is 19.9 Å². The maximum atomic E-state index is 10.8. The van der Waals surface area contributed by atoms with E-state index >= 15 is 0 Å². The summed E-state index contributed by atoms with van der Waals surface area (Å²) in [6, 6.07) is 0. The highest BCUT2D eigenvalue weighted by Gasteiger charge is 2.14. The van der Waals surface area contributed by atoms with Gasteiger partial charge in [-0.1, -0.05) is 0 Å². The molecular formula is C7H12N6O. The van der Waals surface area contributed by atoms with Gasteiger partial charge in [0, 0.05) is 13.0 Å². The fourth-order valence-electron chi connectivity index (χ4n) is 1.05. The number of rotatable bonds is 2. The topological polar surface area (TPSA) is 107 Å². The number of aliphatic imine (C=N–C) groups is 1. The first kappa shape index (κ1) is 10.3. The van der Waals surface area contributed by atoms with Crippen molar-refractivity contribution >= 4 is 11.9 Å². The molecule has 14 heavy (non-hydrogen) atoms. The molecule has 4 N–H and O–H groups in total. The Morgan fingerprint density at radius 2 is 2.64 bits per heavy atom. The Morgan fingerprint density at radius 1 is 1.86 bits per heavy atom. The first-order valence-electron chi connectivity index (χ1n) is 4.17. The number of amides is 1. The summed E-state index contributed by atoms with van der Waals surface area (Å²) in [6.07, 6.45) is 2.06. The molecule has 0 unspecified atom stereocenters. The van der Waals surface area contributed by atoms with Gasteiger partial charge >= 0.3 is 0 Å². The lowest BCUT2D eigenvalue weighted by Gasteiger charge is -2.26. The molecule has 7 heteroatoms. The molecule has 1 aliphatic rings. The molecule has 1 heterocycles. The minimum Gasteiger partial charge on any atom is -0.369 e. The Bertz CT molecular complexity index is 270. The molecule has 0 aliphatic carbocycles. The molecular weight excluding hydrogens is 184 g/mol. The second-order valence-electron chi connectivity index (χ2n) is 2.83. The van der Waals surface area contributed by atoms with Crippen molar-refractivity contribution in [3.63, 3.8) is 0 Å². The van der Waals surface area contributed by atoms with Gasteiger partial charge in [-0.15, -0.1) is 4.99 Å². The average molecular weight is 196 g/mol. The van der Waals surface area contributed by atoms with Gasteiger partial charge in [-0.25, -0.2) is 0 Å². The molecule has 0 bridgehead atoms. The van der Waals surface area contributed by atoms with Crippen LogP contribution in [0.4, 0.5) is 0 Å². The SMILES string of the molecule is N#C/N=C(\N)NCN1CCC(=O)NC1. The zero-order chi connectivity index (χ0) is 10.4. The van der Waals surface area contributed by atoms with Crippen LogP contribution in [0.3, 0.4) is 0 Å². The summed E-state index contributed by atoms with van der Waals surface area (Å²) in [5.41, 5.74) is 5.33. The first-order chi connectivity index (χ1) is 6.72. The molecule has 0 aromatic carbocycles. The van der Waals surface area contributed by atoms with E-state index in [4.69, 9.17) is 11.0 Å². The van der Waals surface area contributed by atoms with Crippen LogP contribution in [0.25, 0.3) is 0 Å². The Hall–Kier alpha value is -1.81. The minimum absolute atomic E-state index is 0.0555. The number of nitrogens with zero attached hydrogens (tertiary/aromatic N) is 3. The molecule has 0 aromatic heterocycles. The molecule has 1 amide bonds. The van der Waals surface area contributed by atoms with Crippen LogP contribution in [0.2, 0.25) is 0 Å². The molecule has 76 valence electrons. The fraction of sp³-hybridized carbons (Fsp3) is 0.571. The summed E-state index contributed by atoms with van der Waals surface area (Å²) in [6.45, 7) is 1.64. The first-order valence-corrected chi connectivity index (χ1v) is 4.17. The number of hydrogen-bond acceptors (Lipinski definition) is 4. The maximum Gasteiger partial charge on any atom is 0.222 e. The van der Waals surface area contributed by atoms with E-state index in [2.05, 4.69) is 15.6 Å². The Morgan fingerprint density at radius 3 is 3.21 bits per heavy atom. The number of nitrogens with one attached hydrogen (secondary N) is 2. The van der Waals surface area contributed by atoms with Crippen molar-refractivity contribution in [2.45, 2.75) is 6.42 Å². The van der Waals surface area contributed by atoms with E-state index in [0.717, 1.165) is 0 Å². The number of carbonyl (C=O) groups excluding carboxylic acids is 1. The average Bonchev–Trinajstić information content (AvgIpc) is 2.17. The van der Waals surface area contributed by atoms with Crippen LogP contribution in [0.1, 0.15) is 6.42 Å². The third-order valence-corrected chi connectivity index (χ3v) is 1.81. The van der Waals surface area contributed by atoms with Gasteiger partial charge in [0.05, 0.1) is 13.3 Å². The predicted molar refractivity (Wildman–Crippen MR) is 49.6 cm³/mol. The van der Waals surface area contributed by atoms with E-state index in [9.17, 15) is 4.79 Å². The van der Waals surface area contributed by atoms with Crippen LogP contribution in [0.5, 0.6) is 0 Å². The minimum atomic E-state index is 0.0555. The molecule has 0 atom stereocenters. The van der Waals surface area contributed by atoms with E-state index in [1.165, 1.54) is 0 Å². The van der Waals surface area contributed by atoms with Crippen molar-refractivity contribution in [1.82, 2.24) is 15.5 Å². The van der Waals surface area contributed by atoms with Gasteiger partial charge < -0.3 is 16.4 Å². The van der Waals surface area contributed by atoms with Crippen LogP contribution in [0.15, 0.2) is 4.99 Å². The largest absolute Gasteiger partial charge is 0.369 e. The Balaban J connectivity index is 2.23. The molecule has 0 aromatic rings. The van der Waals surface area contributed by atoms with Crippen molar-refractivity contribution in [1.29, 1.82) is 5.26 Å². The summed E-state index contributed by atoms with van der Waals surface area (Å²) in [4.78, 5) is 16.0. The van der Waals surface area contributed by atoms with Gasteiger partial charge in [0.2, 0.25) is 18.1 Å². The van der Waals surface area contributed by atoms with Crippen molar-refractivity contribution in [3.05, 3.63) is 0 Å². The van der Waals surface area contributed by atoms with Gasteiger partial charge in [-0.3, -0.25) is 9.69 Å². The van der Waals surface area contributed by atoms with Crippen LogP contribution >= 0.6 is 0 Å². The number of nitrogens with two attached hydrogens (primary N) is 1. The second kappa shape index (κ2) is 5.04. The normalized spacial score (nSPS) is 18.5. The summed E-state index contributed by atoms with van der Waals surface area (Å²) < 4.78 is 0. The van der Waals surface area contributed by atoms with Crippen LogP contribution in [-0.4, -0.2) is 36.6 Å². The van der Waals surface area contributed by atoms with E-state index in [-0.39, 0.29) is 11.9 Å². The Labute approximate surface area is 81.6 Å². The van der Waals surface area contributed by atoms with E-state index in [0.29, 0.717) is 26.3 Å². The van der Waals surface area contributed by atoms with Gasteiger partial charge in [0.25, 0.3) is 0 Å². The smallest absolute Gasteiger partial charge is 0.222 e. The number of guanidine groups is 1. The van der Waals surface area contributed by atoms with Crippen molar-refractivity contribution in [3.8, 4) is 6.19 Å². The lowest BCUT2D eigenvalue weighted by atomic mass is 10.3. The van der Waals surface area contributed by atoms with Gasteiger partial charge in [-0.05, 0) is 0 Å². The molecule has 0 saturated carbocycles. The van der Waals surface area contributed by atoms with Gasteiger partial charge in [0.15, 0.2) is 0 Å². The molecule has 1 fully saturated rings.